The molecule has 1 N–H and O–H groups in total. The third kappa shape index (κ3) is 4.77. The number of hydrogen-bond donors (Lipinski definition) is 1. The number of rotatable bonds is 5. The van der Waals surface area contributed by atoms with E-state index in [4.69, 9.17) is 0 Å². The molecule has 0 bridgehead atoms. The Hall–Kier alpha value is -1.50. The van der Waals surface area contributed by atoms with Crippen LogP contribution < -0.4 is 0 Å². The molecule has 1 aromatic heterocycles. The maximum absolute atomic E-state index is 13.1. The van der Waals surface area contributed by atoms with E-state index in [0.717, 1.165) is 48.1 Å². The standard InChI is InChI=1S/C19H24FN3OS/c1-2-25-18-21-12-15(13-22-18)14-23-10-3-8-19(24,9-11-23)16-4-6-17(20)7-5-16/h4-7,12-13,24H,2-3,8-11,14H2,1H3. The highest BCUT2D eigenvalue weighted by Gasteiger charge is 2.31. The van der Waals surface area contributed by atoms with Gasteiger partial charge in [0.25, 0.3) is 0 Å². The highest BCUT2D eigenvalue weighted by molar-refractivity contribution is 7.99. The van der Waals surface area contributed by atoms with Gasteiger partial charge in [-0.05, 0) is 49.3 Å². The molecule has 3 rings (SSSR count). The molecule has 1 aliphatic heterocycles. The van der Waals surface area contributed by atoms with Crippen LogP contribution in [0.1, 0.15) is 37.3 Å². The fourth-order valence-corrected chi connectivity index (χ4v) is 3.78. The van der Waals surface area contributed by atoms with Crippen LogP contribution in [0.4, 0.5) is 4.39 Å². The van der Waals surface area contributed by atoms with Gasteiger partial charge in [-0.2, -0.15) is 0 Å². The molecule has 6 heteroatoms. The third-order valence-electron chi connectivity index (χ3n) is 4.65. The van der Waals surface area contributed by atoms with E-state index >= 15 is 0 Å². The van der Waals surface area contributed by atoms with Crippen LogP contribution in [0, 0.1) is 5.82 Å². The first kappa shape index (κ1) is 18.3. The molecule has 0 aliphatic carbocycles. The summed E-state index contributed by atoms with van der Waals surface area (Å²) < 4.78 is 13.1. The Morgan fingerprint density at radius 3 is 2.56 bits per heavy atom. The zero-order chi connectivity index (χ0) is 17.7. The molecule has 1 fully saturated rings. The van der Waals surface area contributed by atoms with Crippen molar-refractivity contribution in [2.24, 2.45) is 0 Å². The Kier molecular flexibility index (Phi) is 6.04. The molecule has 1 aliphatic rings. The van der Waals surface area contributed by atoms with Crippen molar-refractivity contribution in [3.63, 3.8) is 0 Å². The number of aromatic nitrogens is 2. The topological polar surface area (TPSA) is 49.2 Å². The van der Waals surface area contributed by atoms with Crippen LogP contribution in [0.3, 0.4) is 0 Å². The second-order valence-electron chi connectivity index (χ2n) is 6.48. The minimum Gasteiger partial charge on any atom is -0.385 e. The fraction of sp³-hybridized carbons (Fsp3) is 0.474. The summed E-state index contributed by atoms with van der Waals surface area (Å²) in [5.74, 6) is 0.695. The van der Waals surface area contributed by atoms with Crippen molar-refractivity contribution in [3.05, 3.63) is 53.6 Å². The van der Waals surface area contributed by atoms with Gasteiger partial charge in [0.15, 0.2) is 5.16 Å². The van der Waals surface area contributed by atoms with Crippen molar-refractivity contribution in [1.82, 2.24) is 14.9 Å². The molecule has 0 spiro atoms. The lowest BCUT2D eigenvalue weighted by molar-refractivity contribution is 0.0209. The van der Waals surface area contributed by atoms with Crippen molar-refractivity contribution in [3.8, 4) is 0 Å². The molecular weight excluding hydrogens is 337 g/mol. The monoisotopic (exact) mass is 361 g/mol. The lowest BCUT2D eigenvalue weighted by Crippen LogP contribution is -2.29. The molecule has 134 valence electrons. The quantitative estimate of drug-likeness (QED) is 0.651. The zero-order valence-corrected chi connectivity index (χ0v) is 15.3. The normalized spacial score (nSPS) is 21.9. The van der Waals surface area contributed by atoms with Crippen molar-refractivity contribution in [1.29, 1.82) is 0 Å². The first-order chi connectivity index (χ1) is 12.1. The number of thioether (sulfide) groups is 1. The van der Waals surface area contributed by atoms with Gasteiger partial charge >= 0.3 is 0 Å². The van der Waals surface area contributed by atoms with Gasteiger partial charge in [-0.3, -0.25) is 4.90 Å². The van der Waals surface area contributed by atoms with Gasteiger partial charge in [0.05, 0.1) is 5.60 Å². The number of likely N-dealkylation sites (tertiary alicyclic amines) is 1. The number of hydrogen-bond acceptors (Lipinski definition) is 5. The van der Waals surface area contributed by atoms with Gasteiger partial charge in [0, 0.05) is 31.0 Å². The first-order valence-corrected chi connectivity index (χ1v) is 9.72. The van der Waals surface area contributed by atoms with Crippen LogP contribution in [0.15, 0.2) is 41.8 Å². The van der Waals surface area contributed by atoms with E-state index in [0.29, 0.717) is 12.8 Å². The maximum atomic E-state index is 13.1. The molecule has 4 nitrogen and oxygen atoms in total. The molecule has 1 saturated heterocycles. The molecule has 25 heavy (non-hydrogen) atoms. The van der Waals surface area contributed by atoms with E-state index in [-0.39, 0.29) is 5.82 Å². The Balaban J connectivity index is 1.62. The molecule has 1 atom stereocenters. The van der Waals surface area contributed by atoms with E-state index in [1.807, 2.05) is 12.4 Å². The van der Waals surface area contributed by atoms with Gasteiger partial charge in [-0.25, -0.2) is 14.4 Å². The molecular formula is C19H24FN3OS. The van der Waals surface area contributed by atoms with Gasteiger partial charge in [0.1, 0.15) is 5.82 Å². The summed E-state index contributed by atoms with van der Waals surface area (Å²) in [6.07, 6.45) is 6.02. The predicted molar refractivity (Wildman–Crippen MR) is 97.9 cm³/mol. The van der Waals surface area contributed by atoms with Gasteiger partial charge in [-0.15, -0.1) is 0 Å². The Labute approximate surface area is 152 Å². The van der Waals surface area contributed by atoms with Crippen LogP contribution >= 0.6 is 11.8 Å². The molecule has 2 aromatic rings. The fourth-order valence-electron chi connectivity index (χ4n) is 3.27. The Bertz CT molecular complexity index is 680. The summed E-state index contributed by atoms with van der Waals surface area (Å²) in [5.41, 5.74) is 1.02. The molecule has 1 unspecified atom stereocenters. The molecule has 2 heterocycles. The van der Waals surface area contributed by atoms with Crippen LogP contribution in [-0.2, 0) is 12.1 Å². The summed E-state index contributed by atoms with van der Waals surface area (Å²) in [5, 5.41) is 11.8. The van der Waals surface area contributed by atoms with E-state index < -0.39 is 5.60 Å². The summed E-state index contributed by atoms with van der Waals surface area (Å²) in [6.45, 7) is 4.59. The van der Waals surface area contributed by atoms with Gasteiger partial charge in [-0.1, -0.05) is 30.8 Å². The highest BCUT2D eigenvalue weighted by atomic mass is 32.2. The van der Waals surface area contributed by atoms with E-state index in [1.54, 1.807) is 23.9 Å². The molecule has 1 aromatic carbocycles. The summed E-state index contributed by atoms with van der Waals surface area (Å²) >= 11 is 1.64. The van der Waals surface area contributed by atoms with Crippen molar-refractivity contribution < 1.29 is 9.50 Å². The van der Waals surface area contributed by atoms with E-state index in [2.05, 4.69) is 21.8 Å². The van der Waals surface area contributed by atoms with Crippen molar-refractivity contribution in [2.45, 2.75) is 43.5 Å². The molecule has 0 amide bonds. The van der Waals surface area contributed by atoms with E-state index in [1.165, 1.54) is 12.1 Å². The number of aliphatic hydroxyl groups is 1. The third-order valence-corrected chi connectivity index (χ3v) is 5.41. The summed E-state index contributed by atoms with van der Waals surface area (Å²) in [7, 11) is 0. The lowest BCUT2D eigenvalue weighted by Gasteiger charge is -2.27. The predicted octanol–water partition coefficient (Wildman–Crippen LogP) is 3.60. The van der Waals surface area contributed by atoms with Crippen LogP contribution in [0.25, 0.3) is 0 Å². The largest absolute Gasteiger partial charge is 0.385 e. The SMILES string of the molecule is CCSc1ncc(CN2CCCC(O)(c3ccc(F)cc3)CC2)cn1. The van der Waals surface area contributed by atoms with Gasteiger partial charge < -0.3 is 5.11 Å². The minimum atomic E-state index is -0.874. The second-order valence-corrected chi connectivity index (χ2v) is 7.71. The van der Waals surface area contributed by atoms with E-state index in [9.17, 15) is 9.50 Å². The van der Waals surface area contributed by atoms with Crippen molar-refractivity contribution >= 4 is 11.8 Å². The molecule has 0 radical (unpaired) electrons. The average molecular weight is 361 g/mol. The number of nitrogens with zero attached hydrogens (tertiary/aromatic N) is 3. The average Bonchev–Trinajstić information content (AvgIpc) is 2.80. The van der Waals surface area contributed by atoms with Crippen LogP contribution in [0.2, 0.25) is 0 Å². The first-order valence-electron chi connectivity index (χ1n) is 8.73. The number of halogens is 1. The van der Waals surface area contributed by atoms with Crippen molar-refractivity contribution in [2.75, 3.05) is 18.8 Å². The highest BCUT2D eigenvalue weighted by Crippen LogP contribution is 2.33. The smallest absolute Gasteiger partial charge is 0.187 e. The number of benzene rings is 1. The summed E-state index contributed by atoms with van der Waals surface area (Å²) in [6, 6.07) is 6.23. The summed E-state index contributed by atoms with van der Waals surface area (Å²) in [4.78, 5) is 11.1. The Morgan fingerprint density at radius 1 is 1.16 bits per heavy atom. The molecule has 0 saturated carbocycles. The Morgan fingerprint density at radius 2 is 1.88 bits per heavy atom. The minimum absolute atomic E-state index is 0.271. The maximum Gasteiger partial charge on any atom is 0.187 e. The van der Waals surface area contributed by atoms with Crippen LogP contribution in [-0.4, -0.2) is 38.8 Å². The van der Waals surface area contributed by atoms with Crippen LogP contribution in [0.5, 0.6) is 0 Å². The van der Waals surface area contributed by atoms with Gasteiger partial charge in [0.2, 0.25) is 0 Å². The zero-order valence-electron chi connectivity index (χ0n) is 14.5. The lowest BCUT2D eigenvalue weighted by atomic mass is 9.87. The second kappa shape index (κ2) is 8.25.